The Balaban J connectivity index is 1.22. The van der Waals surface area contributed by atoms with Crippen LogP contribution in [0.25, 0.3) is 11.1 Å². The summed E-state index contributed by atoms with van der Waals surface area (Å²) in [5.41, 5.74) is 8.86. The molecule has 0 saturated carbocycles. The van der Waals surface area contributed by atoms with E-state index < -0.39 is 12.2 Å². The summed E-state index contributed by atoms with van der Waals surface area (Å²) in [7, 11) is 2.13. The number of nitrogens with one attached hydrogen (secondary N) is 2. The number of aliphatic hydroxyl groups is 1. The van der Waals surface area contributed by atoms with Crippen molar-refractivity contribution < 1.29 is 29.4 Å². The van der Waals surface area contributed by atoms with E-state index in [9.17, 15) is 14.7 Å². The number of hydrogen-bond donors (Lipinski definition) is 4. The third kappa shape index (κ3) is 10.6. The summed E-state index contributed by atoms with van der Waals surface area (Å²) in [4.78, 5) is 25.8. The van der Waals surface area contributed by atoms with Crippen molar-refractivity contribution in [3.63, 3.8) is 0 Å². The minimum atomic E-state index is -0.542. The lowest BCUT2D eigenvalue weighted by Gasteiger charge is -2.39. The second kappa shape index (κ2) is 18.6. The highest BCUT2D eigenvalue weighted by atomic mass is 16.7. The summed E-state index contributed by atoms with van der Waals surface area (Å²) in [5.74, 6) is -0.433. The molecule has 0 radical (unpaired) electrons. The number of rotatable bonds is 16. The number of hydroxylamine groups is 1. The van der Waals surface area contributed by atoms with E-state index in [2.05, 4.69) is 84.9 Å². The Bertz CT molecular complexity index is 1650. The Morgan fingerprint density at radius 2 is 1.50 bits per heavy atom. The number of aliphatic hydroxyl groups excluding tert-OH is 1. The van der Waals surface area contributed by atoms with Crippen LogP contribution in [0.1, 0.15) is 91.7 Å². The molecule has 1 heterocycles. The number of benzene rings is 4. The highest BCUT2D eigenvalue weighted by Crippen LogP contribution is 2.39. The molecular formula is C41H49N3O6. The molecule has 9 heteroatoms. The molecule has 0 unspecified atom stereocenters. The number of carbonyl (C=O) groups is 2. The SMILES string of the molecule is C[C@@H](c1ccccc1)N(C)C[C@H]1C[C@@H](c2ccc(CO)cc2)O[C@@H](c2ccc(-c3cccc(CNC(=O)CCCCCC(=O)NO)c3)cc2)O1. The maximum Gasteiger partial charge on any atom is 0.243 e. The number of carbonyl (C=O) groups excluding carboxylic acids is 2. The monoisotopic (exact) mass is 679 g/mol. The first kappa shape index (κ1) is 36.9. The Labute approximate surface area is 295 Å². The Kier molecular flexibility index (Phi) is 13.7. The van der Waals surface area contributed by atoms with Gasteiger partial charge >= 0.3 is 0 Å². The second-order valence-electron chi connectivity index (χ2n) is 13.1. The molecule has 1 aliphatic rings. The fraction of sp³-hybridized carbons (Fsp3) is 0.366. The molecule has 4 aromatic rings. The van der Waals surface area contributed by atoms with Crippen LogP contribution in [0.2, 0.25) is 0 Å². The maximum atomic E-state index is 12.4. The van der Waals surface area contributed by atoms with Gasteiger partial charge in [0.25, 0.3) is 0 Å². The standard InChI is InChI=1S/C41H49N3O6/c1-29(32-11-5-3-6-12-32)44(2)27-37-25-38(34-18-16-30(28-45)17-19-34)50-41(49-37)35-22-20-33(21-23-35)36-13-9-10-31(24-36)26-42-39(46)14-7-4-8-15-40(47)43-48/h3,5-6,9-13,16-24,29,37-38,41,45,48H,4,7-8,14-15,25-28H2,1-2H3,(H,42,46)(H,43,47)/t29-,37+,38-,41-/m0/s1. The highest BCUT2D eigenvalue weighted by molar-refractivity contribution is 5.76. The van der Waals surface area contributed by atoms with Gasteiger partial charge in [-0.05, 0) is 66.3 Å². The van der Waals surface area contributed by atoms with Crippen molar-refractivity contribution in [2.75, 3.05) is 13.6 Å². The second-order valence-corrected chi connectivity index (χ2v) is 13.1. The summed E-state index contributed by atoms with van der Waals surface area (Å²) in [6.45, 7) is 3.39. The van der Waals surface area contributed by atoms with Crippen LogP contribution >= 0.6 is 0 Å². The van der Waals surface area contributed by atoms with Crippen LogP contribution in [0, 0.1) is 0 Å². The number of ether oxygens (including phenoxy) is 2. The van der Waals surface area contributed by atoms with Gasteiger partial charge in [-0.2, -0.15) is 0 Å². The fourth-order valence-corrected chi connectivity index (χ4v) is 6.28. The van der Waals surface area contributed by atoms with Gasteiger partial charge in [0.05, 0.1) is 18.8 Å². The molecule has 0 bridgehead atoms. The summed E-state index contributed by atoms with van der Waals surface area (Å²) in [5, 5.41) is 21.1. The molecule has 1 saturated heterocycles. The first-order valence-corrected chi connectivity index (χ1v) is 17.5. The Morgan fingerprint density at radius 1 is 0.800 bits per heavy atom. The lowest BCUT2D eigenvalue weighted by atomic mass is 9.98. The predicted octanol–water partition coefficient (Wildman–Crippen LogP) is 7.16. The Morgan fingerprint density at radius 3 is 2.20 bits per heavy atom. The van der Waals surface area contributed by atoms with Crippen LogP contribution in [0.4, 0.5) is 0 Å². The molecule has 4 atom stereocenters. The predicted molar refractivity (Wildman–Crippen MR) is 193 cm³/mol. The summed E-state index contributed by atoms with van der Waals surface area (Å²) in [6, 6.07) is 35.1. The lowest BCUT2D eigenvalue weighted by Crippen LogP contribution is -2.38. The number of likely N-dealkylation sites (N-methyl/N-ethyl adjacent to an activating group) is 1. The van der Waals surface area contributed by atoms with Crippen LogP contribution in [0.3, 0.4) is 0 Å². The van der Waals surface area contributed by atoms with E-state index in [1.54, 1.807) is 5.48 Å². The van der Waals surface area contributed by atoms with E-state index in [1.165, 1.54) is 5.56 Å². The number of unbranched alkanes of at least 4 members (excludes halogenated alkanes) is 2. The molecule has 4 aromatic carbocycles. The Hall–Kier alpha value is -4.38. The fourth-order valence-electron chi connectivity index (χ4n) is 6.28. The van der Waals surface area contributed by atoms with Crippen molar-refractivity contribution in [1.82, 2.24) is 15.7 Å². The zero-order chi connectivity index (χ0) is 35.3. The topological polar surface area (TPSA) is 120 Å². The van der Waals surface area contributed by atoms with Gasteiger partial charge in [-0.1, -0.05) is 103 Å². The van der Waals surface area contributed by atoms with Gasteiger partial charge in [-0.25, -0.2) is 5.48 Å². The van der Waals surface area contributed by atoms with Crippen molar-refractivity contribution in [2.45, 2.75) is 83.1 Å². The molecule has 0 spiro atoms. The van der Waals surface area contributed by atoms with Crippen molar-refractivity contribution in [1.29, 1.82) is 0 Å². The van der Waals surface area contributed by atoms with Gasteiger partial charge in [0.15, 0.2) is 6.29 Å². The minimum Gasteiger partial charge on any atom is -0.392 e. The van der Waals surface area contributed by atoms with E-state index in [-0.39, 0.29) is 37.2 Å². The summed E-state index contributed by atoms with van der Waals surface area (Å²) in [6.07, 6.45) is 2.65. The number of amides is 2. The molecule has 264 valence electrons. The van der Waals surface area contributed by atoms with Gasteiger partial charge in [-0.15, -0.1) is 0 Å². The molecule has 4 N–H and O–H groups in total. The van der Waals surface area contributed by atoms with Crippen molar-refractivity contribution in [2.24, 2.45) is 0 Å². The van der Waals surface area contributed by atoms with Crippen LogP contribution in [0.5, 0.6) is 0 Å². The molecule has 50 heavy (non-hydrogen) atoms. The third-order valence-electron chi connectivity index (χ3n) is 9.41. The molecule has 0 aliphatic carbocycles. The van der Waals surface area contributed by atoms with Gasteiger partial charge in [0.2, 0.25) is 11.8 Å². The quantitative estimate of drug-likeness (QED) is 0.0564. The number of nitrogens with zero attached hydrogens (tertiary/aromatic N) is 1. The maximum absolute atomic E-state index is 12.4. The van der Waals surface area contributed by atoms with E-state index in [0.717, 1.165) is 46.3 Å². The molecule has 1 fully saturated rings. The van der Waals surface area contributed by atoms with E-state index in [1.807, 2.05) is 42.5 Å². The van der Waals surface area contributed by atoms with Crippen LogP contribution in [-0.2, 0) is 32.2 Å². The molecule has 0 aromatic heterocycles. The molecular weight excluding hydrogens is 630 g/mol. The first-order chi connectivity index (χ1) is 24.3. The zero-order valence-electron chi connectivity index (χ0n) is 29.0. The molecule has 2 amide bonds. The van der Waals surface area contributed by atoms with Crippen molar-refractivity contribution >= 4 is 11.8 Å². The van der Waals surface area contributed by atoms with Crippen LogP contribution in [-0.4, -0.2) is 46.7 Å². The van der Waals surface area contributed by atoms with Crippen LogP contribution in [0.15, 0.2) is 103 Å². The van der Waals surface area contributed by atoms with Gasteiger partial charge in [-0.3, -0.25) is 19.7 Å². The zero-order valence-corrected chi connectivity index (χ0v) is 29.0. The molecule has 9 nitrogen and oxygen atoms in total. The third-order valence-corrected chi connectivity index (χ3v) is 9.41. The van der Waals surface area contributed by atoms with Gasteiger partial charge in [0.1, 0.15) is 0 Å². The van der Waals surface area contributed by atoms with Crippen molar-refractivity contribution in [3.8, 4) is 11.1 Å². The van der Waals surface area contributed by atoms with E-state index >= 15 is 0 Å². The lowest BCUT2D eigenvalue weighted by molar-refractivity contribution is -0.253. The average molecular weight is 680 g/mol. The highest BCUT2D eigenvalue weighted by Gasteiger charge is 2.33. The number of hydrogen-bond acceptors (Lipinski definition) is 7. The van der Waals surface area contributed by atoms with Crippen LogP contribution < -0.4 is 10.8 Å². The van der Waals surface area contributed by atoms with Gasteiger partial charge in [0, 0.05) is 44.0 Å². The van der Waals surface area contributed by atoms with E-state index in [4.69, 9.17) is 14.7 Å². The largest absolute Gasteiger partial charge is 0.392 e. The first-order valence-electron chi connectivity index (χ1n) is 17.5. The average Bonchev–Trinajstić information content (AvgIpc) is 3.17. The molecule has 5 rings (SSSR count). The minimum absolute atomic E-state index is 0.00272. The molecule has 1 aliphatic heterocycles. The van der Waals surface area contributed by atoms with Gasteiger partial charge < -0.3 is 19.9 Å². The summed E-state index contributed by atoms with van der Waals surface area (Å²) >= 11 is 0. The van der Waals surface area contributed by atoms with Crippen molar-refractivity contribution in [3.05, 3.63) is 131 Å². The summed E-state index contributed by atoms with van der Waals surface area (Å²) < 4.78 is 13.2. The normalized spacial score (nSPS) is 18.1. The van der Waals surface area contributed by atoms with E-state index in [0.29, 0.717) is 32.2 Å². The smallest absolute Gasteiger partial charge is 0.243 e.